The van der Waals surface area contributed by atoms with E-state index < -0.39 is 23.1 Å². The smallest absolute Gasteiger partial charge is 0.294 e. The number of hydrogen-bond acceptors (Lipinski definition) is 4. The topological polar surface area (TPSA) is 70.8 Å². The van der Waals surface area contributed by atoms with Crippen molar-refractivity contribution in [2.45, 2.75) is 33.7 Å². The Morgan fingerprint density at radius 1 is 1.27 bits per heavy atom. The van der Waals surface area contributed by atoms with Gasteiger partial charge in [0.25, 0.3) is 5.91 Å². The number of benzene rings is 1. The summed E-state index contributed by atoms with van der Waals surface area (Å²) in [4.78, 5) is 27.3. The van der Waals surface area contributed by atoms with Gasteiger partial charge in [0.2, 0.25) is 0 Å². The quantitative estimate of drug-likeness (QED) is 0.842. The molecule has 1 unspecified atom stereocenters. The summed E-state index contributed by atoms with van der Waals surface area (Å²) in [6.07, 6.45) is 1.47. The Morgan fingerprint density at radius 2 is 1.96 bits per heavy atom. The van der Waals surface area contributed by atoms with E-state index in [4.69, 9.17) is 16.0 Å². The average Bonchev–Trinajstić information content (AvgIpc) is 3.16. The molecular formula is C20H20ClNO4. The Bertz CT molecular complexity index is 906. The molecule has 1 amide bonds. The summed E-state index contributed by atoms with van der Waals surface area (Å²) in [5, 5.41) is 11.0. The number of ketones is 1. The van der Waals surface area contributed by atoms with Gasteiger partial charge in [-0.3, -0.25) is 14.5 Å². The molecule has 0 saturated carbocycles. The van der Waals surface area contributed by atoms with Crippen LogP contribution in [0.5, 0.6) is 0 Å². The van der Waals surface area contributed by atoms with E-state index in [0.29, 0.717) is 16.5 Å². The molecule has 0 spiro atoms. The summed E-state index contributed by atoms with van der Waals surface area (Å²) in [6.45, 7) is 7.06. The lowest BCUT2D eigenvalue weighted by molar-refractivity contribution is -0.123. The maximum Gasteiger partial charge on any atom is 0.294 e. The summed E-state index contributed by atoms with van der Waals surface area (Å²) in [7, 11) is 0. The third-order valence-corrected chi connectivity index (χ3v) is 4.61. The van der Waals surface area contributed by atoms with E-state index in [9.17, 15) is 14.7 Å². The molecule has 5 nitrogen and oxygen atoms in total. The van der Waals surface area contributed by atoms with Crippen molar-refractivity contribution in [2.24, 2.45) is 5.41 Å². The minimum Gasteiger partial charge on any atom is -0.503 e. The number of furan rings is 1. The maximum atomic E-state index is 13.0. The molecular weight excluding hydrogens is 354 g/mol. The molecule has 1 aromatic carbocycles. The Kier molecular flexibility index (Phi) is 4.44. The standard InChI is InChI=1S/C20H20ClNO4/c1-11-7-8-12(21)10-13(11)22-16(14-6-5-9-26-14)15(17(23)19(22)25)18(24)20(2,3)4/h5-10,16,23H,1-4H3. The van der Waals surface area contributed by atoms with Crippen LogP contribution in [0.2, 0.25) is 5.02 Å². The number of Topliss-reactive ketones (excluding diaryl/α,β-unsaturated/α-hetero) is 1. The molecule has 0 fully saturated rings. The van der Waals surface area contributed by atoms with Crippen LogP contribution >= 0.6 is 11.6 Å². The number of aliphatic hydroxyl groups excluding tert-OH is 1. The van der Waals surface area contributed by atoms with Crippen molar-refractivity contribution in [3.63, 3.8) is 0 Å². The fraction of sp³-hybridized carbons (Fsp3) is 0.300. The number of hydrogen-bond donors (Lipinski definition) is 1. The van der Waals surface area contributed by atoms with Crippen LogP contribution in [0.15, 0.2) is 52.3 Å². The number of carbonyl (C=O) groups is 2. The van der Waals surface area contributed by atoms with Crippen LogP contribution in [0, 0.1) is 12.3 Å². The number of nitrogens with zero attached hydrogens (tertiary/aromatic N) is 1. The normalized spacial score (nSPS) is 18.0. The van der Waals surface area contributed by atoms with Gasteiger partial charge in [0.1, 0.15) is 11.8 Å². The van der Waals surface area contributed by atoms with Crippen molar-refractivity contribution in [2.75, 3.05) is 4.90 Å². The Hall–Kier alpha value is -2.53. The zero-order valence-corrected chi connectivity index (χ0v) is 15.8. The molecule has 0 radical (unpaired) electrons. The zero-order valence-electron chi connectivity index (χ0n) is 15.0. The largest absolute Gasteiger partial charge is 0.503 e. The Balaban J connectivity index is 2.22. The van der Waals surface area contributed by atoms with Gasteiger partial charge in [-0.05, 0) is 36.8 Å². The molecule has 2 aromatic rings. The first-order valence-corrected chi connectivity index (χ1v) is 8.61. The number of aryl methyl sites for hydroxylation is 1. The summed E-state index contributed by atoms with van der Waals surface area (Å²) >= 11 is 6.12. The second kappa shape index (κ2) is 6.32. The number of rotatable bonds is 3. The molecule has 0 aliphatic carbocycles. The van der Waals surface area contributed by atoms with Crippen molar-refractivity contribution in [3.8, 4) is 0 Å². The molecule has 1 N–H and O–H groups in total. The van der Waals surface area contributed by atoms with Gasteiger partial charge in [-0.15, -0.1) is 0 Å². The predicted molar refractivity (Wildman–Crippen MR) is 99.2 cm³/mol. The molecule has 0 bridgehead atoms. The number of amides is 1. The number of anilines is 1. The fourth-order valence-corrected chi connectivity index (χ4v) is 3.21. The van der Waals surface area contributed by atoms with E-state index in [0.717, 1.165) is 5.56 Å². The van der Waals surface area contributed by atoms with Gasteiger partial charge in [-0.25, -0.2) is 0 Å². The van der Waals surface area contributed by atoms with E-state index in [1.807, 2.05) is 6.92 Å². The number of carbonyl (C=O) groups excluding carboxylic acids is 2. The predicted octanol–water partition coefficient (Wildman–Crippen LogP) is 4.76. The molecule has 6 heteroatoms. The van der Waals surface area contributed by atoms with Crippen LogP contribution in [0.4, 0.5) is 5.69 Å². The SMILES string of the molecule is Cc1ccc(Cl)cc1N1C(=O)C(O)=C(C(=O)C(C)(C)C)C1c1ccco1. The minimum absolute atomic E-state index is 0.0387. The first kappa shape index (κ1) is 18.3. The highest BCUT2D eigenvalue weighted by atomic mass is 35.5. The summed E-state index contributed by atoms with van der Waals surface area (Å²) in [5.74, 6) is -1.11. The van der Waals surface area contributed by atoms with Gasteiger partial charge in [-0.2, -0.15) is 0 Å². The highest BCUT2D eigenvalue weighted by Crippen LogP contribution is 2.44. The van der Waals surface area contributed by atoms with Crippen molar-refractivity contribution in [1.29, 1.82) is 0 Å². The van der Waals surface area contributed by atoms with E-state index in [-0.39, 0.29) is 11.4 Å². The van der Waals surface area contributed by atoms with Crippen LogP contribution in [-0.4, -0.2) is 16.8 Å². The Labute approximate surface area is 156 Å². The first-order valence-electron chi connectivity index (χ1n) is 8.24. The number of aliphatic hydroxyl groups is 1. The fourth-order valence-electron chi connectivity index (χ4n) is 3.05. The molecule has 1 aromatic heterocycles. The van der Waals surface area contributed by atoms with Crippen molar-refractivity contribution >= 4 is 29.0 Å². The summed E-state index contributed by atoms with van der Waals surface area (Å²) < 4.78 is 5.50. The van der Waals surface area contributed by atoms with Gasteiger partial charge in [-0.1, -0.05) is 38.4 Å². The lowest BCUT2D eigenvalue weighted by atomic mass is 9.83. The monoisotopic (exact) mass is 373 g/mol. The van der Waals surface area contributed by atoms with Crippen LogP contribution in [0.3, 0.4) is 0 Å². The molecule has 1 aliphatic heterocycles. The highest BCUT2D eigenvalue weighted by molar-refractivity contribution is 6.31. The third kappa shape index (κ3) is 2.92. The van der Waals surface area contributed by atoms with Gasteiger partial charge in [0, 0.05) is 16.1 Å². The summed E-state index contributed by atoms with van der Waals surface area (Å²) in [5.41, 5.74) is 0.578. The van der Waals surface area contributed by atoms with Crippen LogP contribution < -0.4 is 4.90 Å². The zero-order chi connectivity index (χ0) is 19.2. The molecule has 136 valence electrons. The molecule has 0 saturated heterocycles. The van der Waals surface area contributed by atoms with Gasteiger partial charge >= 0.3 is 0 Å². The number of halogens is 1. The minimum atomic E-state index is -0.846. The third-order valence-electron chi connectivity index (χ3n) is 4.38. The average molecular weight is 374 g/mol. The molecule has 2 heterocycles. The summed E-state index contributed by atoms with van der Waals surface area (Å²) in [6, 6.07) is 7.66. The maximum absolute atomic E-state index is 13.0. The van der Waals surface area contributed by atoms with Crippen molar-refractivity contribution in [3.05, 3.63) is 64.3 Å². The van der Waals surface area contributed by atoms with E-state index in [1.54, 1.807) is 51.1 Å². The van der Waals surface area contributed by atoms with Gasteiger partial charge in [0.05, 0.1) is 11.8 Å². The molecule has 1 atom stereocenters. The first-order chi connectivity index (χ1) is 12.1. The van der Waals surface area contributed by atoms with E-state index in [1.165, 1.54) is 11.2 Å². The highest BCUT2D eigenvalue weighted by Gasteiger charge is 2.48. The van der Waals surface area contributed by atoms with Crippen molar-refractivity contribution in [1.82, 2.24) is 0 Å². The lowest BCUT2D eigenvalue weighted by Gasteiger charge is -2.28. The molecule has 26 heavy (non-hydrogen) atoms. The second-order valence-electron chi connectivity index (χ2n) is 7.37. The lowest BCUT2D eigenvalue weighted by Crippen LogP contribution is -2.33. The second-order valence-corrected chi connectivity index (χ2v) is 7.80. The molecule has 1 aliphatic rings. The molecule has 3 rings (SSSR count). The van der Waals surface area contributed by atoms with E-state index >= 15 is 0 Å². The van der Waals surface area contributed by atoms with Crippen LogP contribution in [0.25, 0.3) is 0 Å². The van der Waals surface area contributed by atoms with E-state index in [2.05, 4.69) is 0 Å². The van der Waals surface area contributed by atoms with Crippen LogP contribution in [0.1, 0.15) is 38.1 Å². The van der Waals surface area contributed by atoms with Gasteiger partial charge < -0.3 is 9.52 Å². The van der Waals surface area contributed by atoms with Crippen molar-refractivity contribution < 1.29 is 19.1 Å². The Morgan fingerprint density at radius 3 is 2.54 bits per heavy atom. The van der Waals surface area contributed by atoms with Gasteiger partial charge in [0.15, 0.2) is 11.5 Å². The van der Waals surface area contributed by atoms with Crippen LogP contribution in [-0.2, 0) is 9.59 Å².